The van der Waals surface area contributed by atoms with Crippen molar-refractivity contribution in [3.05, 3.63) is 43.5 Å². The number of pyridine rings is 1. The third-order valence-corrected chi connectivity index (χ3v) is 3.51. The molecule has 1 aromatic heterocycles. The summed E-state index contributed by atoms with van der Waals surface area (Å²) < 4.78 is 14.0. The molecular weight excluding hydrogens is 332 g/mol. The summed E-state index contributed by atoms with van der Waals surface area (Å²) in [6.45, 7) is 6.08. The third-order valence-electron chi connectivity index (χ3n) is 2.66. The van der Waals surface area contributed by atoms with Gasteiger partial charge in [-0.1, -0.05) is 20.8 Å². The number of halogens is 2. The molecule has 1 aromatic carbocycles. The quantitative estimate of drug-likeness (QED) is 0.728. The molecule has 90 valence electrons. The van der Waals surface area contributed by atoms with Gasteiger partial charge in [-0.15, -0.1) is 0 Å². The molecule has 0 amide bonds. The van der Waals surface area contributed by atoms with Gasteiger partial charge >= 0.3 is 0 Å². The van der Waals surface area contributed by atoms with Crippen molar-refractivity contribution < 1.29 is 4.39 Å². The van der Waals surface area contributed by atoms with Crippen molar-refractivity contribution in [3.8, 4) is 0 Å². The average molecular weight is 345 g/mol. The van der Waals surface area contributed by atoms with Gasteiger partial charge < -0.3 is 4.98 Å². The molecule has 0 aliphatic heterocycles. The SMILES string of the molecule is CC(C)(C)c1cc(=O)c2cc(F)cc(I)c2[nH]1. The molecular formula is C13H13FINO. The first-order valence-corrected chi connectivity index (χ1v) is 6.39. The molecule has 0 fully saturated rings. The van der Waals surface area contributed by atoms with E-state index in [1.165, 1.54) is 12.1 Å². The molecule has 0 unspecified atom stereocenters. The van der Waals surface area contributed by atoms with Crippen LogP contribution in [0.15, 0.2) is 23.0 Å². The van der Waals surface area contributed by atoms with Gasteiger partial charge in [0.25, 0.3) is 0 Å². The van der Waals surface area contributed by atoms with Crippen molar-refractivity contribution in [2.45, 2.75) is 26.2 Å². The standard InChI is InChI=1S/C13H13FINO/c1-13(2,3)11-6-10(17)8-4-7(14)5-9(15)12(8)16-11/h4-6H,1-3H3,(H,16,17). The highest BCUT2D eigenvalue weighted by Crippen LogP contribution is 2.23. The fraction of sp³-hybridized carbons (Fsp3) is 0.308. The summed E-state index contributed by atoms with van der Waals surface area (Å²) in [5.41, 5.74) is 1.30. The highest BCUT2D eigenvalue weighted by molar-refractivity contribution is 14.1. The van der Waals surface area contributed by atoms with E-state index in [1.807, 2.05) is 43.4 Å². The van der Waals surface area contributed by atoms with Gasteiger partial charge in [-0.3, -0.25) is 4.79 Å². The first kappa shape index (κ1) is 12.5. The predicted molar refractivity (Wildman–Crippen MR) is 75.9 cm³/mol. The Labute approximate surface area is 112 Å². The second-order valence-electron chi connectivity index (χ2n) is 5.11. The van der Waals surface area contributed by atoms with Crippen molar-refractivity contribution in [2.24, 2.45) is 0 Å². The zero-order valence-electron chi connectivity index (χ0n) is 9.90. The van der Waals surface area contributed by atoms with Crippen LogP contribution >= 0.6 is 22.6 Å². The van der Waals surface area contributed by atoms with E-state index in [9.17, 15) is 9.18 Å². The van der Waals surface area contributed by atoms with Crippen molar-refractivity contribution in [3.63, 3.8) is 0 Å². The molecule has 2 aromatic rings. The van der Waals surface area contributed by atoms with E-state index in [4.69, 9.17) is 0 Å². The predicted octanol–water partition coefficient (Wildman–Crippen LogP) is 3.57. The smallest absolute Gasteiger partial charge is 0.189 e. The van der Waals surface area contributed by atoms with E-state index in [-0.39, 0.29) is 16.7 Å². The van der Waals surface area contributed by atoms with Crippen molar-refractivity contribution in [1.82, 2.24) is 4.98 Å². The lowest BCUT2D eigenvalue weighted by Crippen LogP contribution is -2.18. The number of H-pyrrole nitrogens is 1. The number of aromatic nitrogens is 1. The third kappa shape index (κ3) is 2.36. The second kappa shape index (κ2) is 4.08. The molecule has 17 heavy (non-hydrogen) atoms. The van der Waals surface area contributed by atoms with Crippen molar-refractivity contribution >= 4 is 33.5 Å². The van der Waals surface area contributed by atoms with Crippen LogP contribution in [0.5, 0.6) is 0 Å². The Kier molecular flexibility index (Phi) is 3.01. The molecule has 0 saturated carbocycles. The van der Waals surface area contributed by atoms with Crippen LogP contribution in [0.25, 0.3) is 10.9 Å². The summed E-state index contributed by atoms with van der Waals surface area (Å²) in [6, 6.07) is 4.26. The van der Waals surface area contributed by atoms with E-state index < -0.39 is 0 Å². The Hall–Kier alpha value is -0.910. The van der Waals surface area contributed by atoms with Gasteiger partial charge in [-0.2, -0.15) is 0 Å². The first-order valence-electron chi connectivity index (χ1n) is 5.31. The molecule has 4 heteroatoms. The summed E-state index contributed by atoms with van der Waals surface area (Å²) in [7, 11) is 0. The van der Waals surface area contributed by atoms with E-state index in [0.29, 0.717) is 10.9 Å². The molecule has 0 radical (unpaired) electrons. The summed E-state index contributed by atoms with van der Waals surface area (Å²) >= 11 is 2.04. The number of hydrogen-bond donors (Lipinski definition) is 1. The lowest BCUT2D eigenvalue weighted by molar-refractivity contribution is 0.570. The molecule has 2 nitrogen and oxygen atoms in total. The normalized spacial score (nSPS) is 12.1. The molecule has 0 spiro atoms. The molecule has 0 aliphatic rings. The molecule has 0 saturated heterocycles. The first-order chi connectivity index (χ1) is 7.79. The minimum atomic E-state index is -0.379. The Morgan fingerprint density at radius 1 is 1.24 bits per heavy atom. The van der Waals surface area contributed by atoms with Gasteiger partial charge in [0.2, 0.25) is 0 Å². The fourth-order valence-electron chi connectivity index (χ4n) is 1.68. The van der Waals surface area contributed by atoms with E-state index in [1.54, 1.807) is 6.07 Å². The Morgan fingerprint density at radius 2 is 1.88 bits per heavy atom. The molecule has 0 aliphatic carbocycles. The Bertz CT molecular complexity index is 640. The van der Waals surface area contributed by atoms with Crippen LogP contribution in [0.1, 0.15) is 26.5 Å². The molecule has 1 N–H and O–H groups in total. The maximum atomic E-state index is 13.3. The molecule has 0 bridgehead atoms. The highest BCUT2D eigenvalue weighted by Gasteiger charge is 2.17. The molecule has 1 heterocycles. The number of nitrogens with one attached hydrogen (secondary N) is 1. The van der Waals surface area contributed by atoms with E-state index in [0.717, 1.165) is 9.26 Å². The second-order valence-corrected chi connectivity index (χ2v) is 6.27. The zero-order valence-corrected chi connectivity index (χ0v) is 12.1. The van der Waals surface area contributed by atoms with Gasteiger partial charge in [0, 0.05) is 26.1 Å². The summed E-state index contributed by atoms with van der Waals surface area (Å²) in [5.74, 6) is -0.379. The minimum absolute atomic E-state index is 0.134. The number of fused-ring (bicyclic) bond motifs is 1. The van der Waals surface area contributed by atoms with Crippen LogP contribution in [0.3, 0.4) is 0 Å². The minimum Gasteiger partial charge on any atom is -0.357 e. The zero-order chi connectivity index (χ0) is 12.8. The monoisotopic (exact) mass is 345 g/mol. The van der Waals surface area contributed by atoms with Crippen LogP contribution < -0.4 is 5.43 Å². The van der Waals surface area contributed by atoms with E-state index in [2.05, 4.69) is 4.98 Å². The van der Waals surface area contributed by atoms with Crippen LogP contribution in [0, 0.1) is 9.39 Å². The Morgan fingerprint density at radius 3 is 2.47 bits per heavy atom. The maximum absolute atomic E-state index is 13.3. The summed E-state index contributed by atoms with van der Waals surface area (Å²) in [5, 5.41) is 0.405. The lowest BCUT2D eigenvalue weighted by atomic mass is 9.91. The maximum Gasteiger partial charge on any atom is 0.189 e. The summed E-state index contributed by atoms with van der Waals surface area (Å²) in [4.78, 5) is 15.2. The van der Waals surface area contributed by atoms with Gasteiger partial charge in [0.15, 0.2) is 5.43 Å². The van der Waals surface area contributed by atoms with Gasteiger partial charge in [-0.05, 0) is 34.7 Å². The van der Waals surface area contributed by atoms with Crippen LogP contribution in [-0.4, -0.2) is 4.98 Å². The number of hydrogen-bond acceptors (Lipinski definition) is 1. The fourth-order valence-corrected chi connectivity index (χ4v) is 2.40. The number of aromatic amines is 1. The lowest BCUT2D eigenvalue weighted by Gasteiger charge is -2.19. The van der Waals surface area contributed by atoms with Gasteiger partial charge in [-0.25, -0.2) is 4.39 Å². The molecule has 2 rings (SSSR count). The number of rotatable bonds is 0. The van der Waals surface area contributed by atoms with Crippen LogP contribution in [0.4, 0.5) is 4.39 Å². The van der Waals surface area contributed by atoms with Crippen LogP contribution in [-0.2, 0) is 5.41 Å². The number of benzene rings is 1. The average Bonchev–Trinajstić information content (AvgIpc) is 2.17. The van der Waals surface area contributed by atoms with Crippen molar-refractivity contribution in [1.29, 1.82) is 0 Å². The highest BCUT2D eigenvalue weighted by atomic mass is 127. The van der Waals surface area contributed by atoms with Crippen molar-refractivity contribution in [2.75, 3.05) is 0 Å². The Balaban J connectivity index is 2.88. The van der Waals surface area contributed by atoms with E-state index >= 15 is 0 Å². The van der Waals surface area contributed by atoms with Crippen LogP contribution in [0.2, 0.25) is 0 Å². The summed E-state index contributed by atoms with van der Waals surface area (Å²) in [6.07, 6.45) is 0. The molecule has 0 atom stereocenters. The van der Waals surface area contributed by atoms with Gasteiger partial charge in [0.1, 0.15) is 5.82 Å². The van der Waals surface area contributed by atoms with Gasteiger partial charge in [0.05, 0.1) is 5.52 Å². The largest absolute Gasteiger partial charge is 0.357 e. The topological polar surface area (TPSA) is 32.9 Å².